The minimum Gasteiger partial charge on any atom is -0.349 e. The van der Waals surface area contributed by atoms with Gasteiger partial charge in [-0.15, -0.1) is 10.2 Å². The van der Waals surface area contributed by atoms with E-state index in [1.807, 2.05) is 35.8 Å². The van der Waals surface area contributed by atoms with Crippen LogP contribution >= 0.6 is 23.4 Å². The van der Waals surface area contributed by atoms with Crippen LogP contribution in [0.1, 0.15) is 38.4 Å². The third-order valence-electron chi connectivity index (χ3n) is 3.16. The molecule has 0 saturated heterocycles. The van der Waals surface area contributed by atoms with E-state index in [0.717, 1.165) is 10.7 Å². The first-order valence-electron chi connectivity index (χ1n) is 7.04. The summed E-state index contributed by atoms with van der Waals surface area (Å²) < 4.78 is 1.94. The molecular weight excluding hydrogens is 320 g/mol. The Morgan fingerprint density at radius 1 is 1.41 bits per heavy atom. The van der Waals surface area contributed by atoms with Gasteiger partial charge in [-0.1, -0.05) is 35.5 Å². The second kappa shape index (κ2) is 7.65. The summed E-state index contributed by atoms with van der Waals surface area (Å²) in [5.74, 6) is 0.256. The predicted octanol–water partition coefficient (Wildman–Crippen LogP) is 3.48. The third-order valence-corrected chi connectivity index (χ3v) is 4.35. The van der Waals surface area contributed by atoms with Gasteiger partial charge in [0.2, 0.25) is 5.91 Å². The maximum absolute atomic E-state index is 12.1. The topological polar surface area (TPSA) is 59.8 Å². The Balaban J connectivity index is 1.89. The molecule has 0 spiro atoms. The molecule has 0 aliphatic heterocycles. The Hall–Kier alpha value is -1.53. The number of aromatic nitrogens is 3. The van der Waals surface area contributed by atoms with E-state index in [1.54, 1.807) is 6.33 Å². The van der Waals surface area contributed by atoms with E-state index in [0.29, 0.717) is 10.8 Å². The van der Waals surface area contributed by atoms with Gasteiger partial charge in [-0.25, -0.2) is 0 Å². The van der Waals surface area contributed by atoms with Crippen molar-refractivity contribution in [2.75, 3.05) is 5.75 Å². The van der Waals surface area contributed by atoms with Crippen molar-refractivity contribution in [2.24, 2.45) is 0 Å². The van der Waals surface area contributed by atoms with Gasteiger partial charge < -0.3 is 9.88 Å². The van der Waals surface area contributed by atoms with Crippen LogP contribution in [0.2, 0.25) is 5.02 Å². The van der Waals surface area contributed by atoms with E-state index in [1.165, 1.54) is 11.8 Å². The van der Waals surface area contributed by atoms with Crippen molar-refractivity contribution in [3.63, 3.8) is 0 Å². The number of hydrogen-bond acceptors (Lipinski definition) is 4. The van der Waals surface area contributed by atoms with Crippen LogP contribution in [0.25, 0.3) is 0 Å². The molecule has 0 fully saturated rings. The van der Waals surface area contributed by atoms with Gasteiger partial charge in [-0.3, -0.25) is 4.79 Å². The molecule has 1 amide bonds. The molecule has 0 radical (unpaired) electrons. The van der Waals surface area contributed by atoms with Crippen molar-refractivity contribution >= 4 is 29.3 Å². The summed E-state index contributed by atoms with van der Waals surface area (Å²) in [6, 6.07) is 7.67. The highest BCUT2D eigenvalue weighted by Gasteiger charge is 2.13. The maximum atomic E-state index is 12.1. The van der Waals surface area contributed by atoms with Crippen LogP contribution in [-0.4, -0.2) is 26.4 Å². The molecule has 0 saturated carbocycles. The zero-order valence-corrected chi connectivity index (χ0v) is 14.4. The average Bonchev–Trinajstić information content (AvgIpc) is 2.93. The van der Waals surface area contributed by atoms with Crippen molar-refractivity contribution in [3.8, 4) is 0 Å². The molecule has 118 valence electrons. The number of amides is 1. The van der Waals surface area contributed by atoms with E-state index >= 15 is 0 Å². The zero-order chi connectivity index (χ0) is 16.1. The summed E-state index contributed by atoms with van der Waals surface area (Å²) in [6.45, 7) is 6.04. The molecule has 1 heterocycles. The summed E-state index contributed by atoms with van der Waals surface area (Å²) >= 11 is 7.35. The molecule has 0 aliphatic rings. The van der Waals surface area contributed by atoms with Crippen LogP contribution < -0.4 is 5.32 Å². The smallest absolute Gasteiger partial charge is 0.230 e. The second-order valence-electron chi connectivity index (χ2n) is 5.25. The molecule has 1 aromatic carbocycles. The Labute approximate surface area is 139 Å². The fourth-order valence-electron chi connectivity index (χ4n) is 1.96. The Morgan fingerprint density at radius 3 is 2.86 bits per heavy atom. The second-order valence-corrected chi connectivity index (χ2v) is 6.63. The highest BCUT2D eigenvalue weighted by atomic mass is 35.5. The Kier molecular flexibility index (Phi) is 5.85. The first-order chi connectivity index (χ1) is 10.5. The Morgan fingerprint density at radius 2 is 2.18 bits per heavy atom. The number of hydrogen-bond donors (Lipinski definition) is 1. The van der Waals surface area contributed by atoms with Crippen molar-refractivity contribution in [2.45, 2.75) is 38.0 Å². The van der Waals surface area contributed by atoms with E-state index < -0.39 is 0 Å². The monoisotopic (exact) mass is 338 g/mol. The first-order valence-corrected chi connectivity index (χ1v) is 8.41. The van der Waals surface area contributed by atoms with Crippen LogP contribution in [0.15, 0.2) is 35.7 Å². The molecule has 1 aromatic heterocycles. The van der Waals surface area contributed by atoms with E-state index in [-0.39, 0.29) is 18.0 Å². The molecule has 0 aliphatic carbocycles. The standard InChI is InChI=1S/C15H19ClN4OS/c1-10(2)20-9-17-19-15(20)22-8-14(21)18-11(3)12-5-4-6-13(16)7-12/h4-7,9-11H,8H2,1-3H3,(H,18,21). The van der Waals surface area contributed by atoms with E-state index in [4.69, 9.17) is 11.6 Å². The van der Waals surface area contributed by atoms with Crippen molar-refractivity contribution in [1.82, 2.24) is 20.1 Å². The number of carbonyl (C=O) groups excluding carboxylic acids is 1. The number of nitrogens with zero attached hydrogens (tertiary/aromatic N) is 3. The lowest BCUT2D eigenvalue weighted by atomic mass is 10.1. The molecular formula is C15H19ClN4OS. The largest absolute Gasteiger partial charge is 0.349 e. The van der Waals surface area contributed by atoms with Gasteiger partial charge in [-0.05, 0) is 38.5 Å². The molecule has 1 N–H and O–H groups in total. The normalized spacial score (nSPS) is 12.4. The van der Waals surface area contributed by atoms with Gasteiger partial charge in [0.25, 0.3) is 0 Å². The maximum Gasteiger partial charge on any atom is 0.230 e. The minimum absolute atomic E-state index is 0.0456. The Bertz CT molecular complexity index is 644. The zero-order valence-electron chi connectivity index (χ0n) is 12.8. The van der Waals surface area contributed by atoms with Crippen LogP contribution in [0, 0.1) is 0 Å². The number of halogens is 1. The molecule has 22 heavy (non-hydrogen) atoms. The quantitative estimate of drug-likeness (QED) is 0.819. The lowest BCUT2D eigenvalue weighted by Gasteiger charge is -2.15. The van der Waals surface area contributed by atoms with Crippen LogP contribution in [-0.2, 0) is 4.79 Å². The van der Waals surface area contributed by atoms with Crippen molar-refractivity contribution in [1.29, 1.82) is 0 Å². The van der Waals surface area contributed by atoms with E-state index in [9.17, 15) is 4.79 Å². The highest BCUT2D eigenvalue weighted by Crippen LogP contribution is 2.20. The summed E-state index contributed by atoms with van der Waals surface area (Å²) in [4.78, 5) is 12.1. The molecule has 0 bridgehead atoms. The fourth-order valence-corrected chi connectivity index (χ4v) is 3.02. The fraction of sp³-hybridized carbons (Fsp3) is 0.400. The highest BCUT2D eigenvalue weighted by molar-refractivity contribution is 7.99. The predicted molar refractivity (Wildman–Crippen MR) is 89.1 cm³/mol. The summed E-state index contributed by atoms with van der Waals surface area (Å²) in [7, 11) is 0. The lowest BCUT2D eigenvalue weighted by molar-refractivity contribution is -0.119. The van der Waals surface area contributed by atoms with E-state index in [2.05, 4.69) is 29.4 Å². The molecule has 1 unspecified atom stereocenters. The van der Waals surface area contributed by atoms with Gasteiger partial charge in [0.1, 0.15) is 6.33 Å². The molecule has 2 aromatic rings. The van der Waals surface area contributed by atoms with Crippen LogP contribution in [0.4, 0.5) is 0 Å². The van der Waals surface area contributed by atoms with Gasteiger partial charge in [0.05, 0.1) is 11.8 Å². The average molecular weight is 339 g/mol. The lowest BCUT2D eigenvalue weighted by Crippen LogP contribution is -2.28. The summed E-state index contributed by atoms with van der Waals surface area (Å²) in [5, 5.41) is 12.3. The number of nitrogens with one attached hydrogen (secondary N) is 1. The van der Waals surface area contributed by atoms with Gasteiger partial charge in [-0.2, -0.15) is 0 Å². The summed E-state index contributed by atoms with van der Waals surface area (Å²) in [6.07, 6.45) is 1.68. The molecule has 7 heteroatoms. The minimum atomic E-state index is -0.0882. The number of carbonyl (C=O) groups is 1. The van der Waals surface area contributed by atoms with Gasteiger partial charge >= 0.3 is 0 Å². The number of benzene rings is 1. The van der Waals surface area contributed by atoms with Crippen LogP contribution in [0.3, 0.4) is 0 Å². The van der Waals surface area contributed by atoms with Crippen LogP contribution in [0.5, 0.6) is 0 Å². The number of rotatable bonds is 6. The van der Waals surface area contributed by atoms with Gasteiger partial charge in [0.15, 0.2) is 5.16 Å². The van der Waals surface area contributed by atoms with Crippen molar-refractivity contribution in [3.05, 3.63) is 41.2 Å². The molecule has 1 atom stereocenters. The van der Waals surface area contributed by atoms with Gasteiger partial charge in [0, 0.05) is 11.1 Å². The summed E-state index contributed by atoms with van der Waals surface area (Å²) in [5.41, 5.74) is 0.983. The molecule has 2 rings (SSSR count). The SMILES string of the molecule is CC(NC(=O)CSc1nncn1C(C)C)c1cccc(Cl)c1. The third kappa shape index (κ3) is 4.48. The first kappa shape index (κ1) is 16.8. The molecule has 5 nitrogen and oxygen atoms in total. The van der Waals surface area contributed by atoms with Crippen molar-refractivity contribution < 1.29 is 4.79 Å². The number of thioether (sulfide) groups is 1.